The Balaban J connectivity index is 2.00. The van der Waals surface area contributed by atoms with Crippen molar-refractivity contribution in [1.29, 1.82) is 0 Å². The van der Waals surface area contributed by atoms with Crippen molar-refractivity contribution in [2.45, 2.75) is 12.8 Å². The van der Waals surface area contributed by atoms with Crippen molar-refractivity contribution in [3.63, 3.8) is 0 Å². The molecule has 3 rings (SSSR count). The molecular weight excluding hydrogens is 226 g/mol. The van der Waals surface area contributed by atoms with Gasteiger partial charge in [-0.25, -0.2) is 4.98 Å². The molecule has 1 aromatic heterocycles. The number of hydrogen-bond acceptors (Lipinski definition) is 3. The van der Waals surface area contributed by atoms with Crippen molar-refractivity contribution in [2.75, 3.05) is 20.2 Å². The van der Waals surface area contributed by atoms with Gasteiger partial charge in [0, 0.05) is 13.5 Å². The fourth-order valence-electron chi connectivity index (χ4n) is 2.78. The Morgan fingerprint density at radius 2 is 2.39 bits per heavy atom. The van der Waals surface area contributed by atoms with Crippen LogP contribution >= 0.6 is 0 Å². The van der Waals surface area contributed by atoms with Crippen molar-refractivity contribution in [1.82, 2.24) is 14.9 Å². The van der Waals surface area contributed by atoms with Crippen LogP contribution in [-0.2, 0) is 13.5 Å². The first-order chi connectivity index (χ1) is 8.79. The highest BCUT2D eigenvalue weighted by molar-refractivity contribution is 5.82. The Morgan fingerprint density at radius 3 is 3.11 bits per heavy atom. The molecule has 0 amide bonds. The molecule has 2 aromatic rings. The minimum atomic E-state index is 0.714. The summed E-state index contributed by atoms with van der Waals surface area (Å²) in [6.45, 7) is 2.25. The molecule has 96 valence electrons. The van der Waals surface area contributed by atoms with Crippen LogP contribution in [0, 0.1) is 5.92 Å². The number of fused-ring (bicyclic) bond motifs is 1. The maximum absolute atomic E-state index is 5.42. The first kappa shape index (κ1) is 11.5. The molecule has 1 saturated heterocycles. The van der Waals surface area contributed by atoms with Gasteiger partial charge in [-0.05, 0) is 37.6 Å². The third kappa shape index (κ3) is 1.86. The molecule has 1 aliphatic heterocycles. The molecule has 4 heteroatoms. The van der Waals surface area contributed by atoms with Crippen molar-refractivity contribution < 1.29 is 4.74 Å². The predicted molar refractivity (Wildman–Crippen MR) is 71.9 cm³/mol. The number of hydrogen-bond donors (Lipinski definition) is 1. The summed E-state index contributed by atoms with van der Waals surface area (Å²) in [6, 6.07) is 6.04. The van der Waals surface area contributed by atoms with Gasteiger partial charge in [0.2, 0.25) is 0 Å². The van der Waals surface area contributed by atoms with Crippen LogP contribution in [0.3, 0.4) is 0 Å². The Hall–Kier alpha value is -1.55. The minimum absolute atomic E-state index is 0.714. The zero-order valence-corrected chi connectivity index (χ0v) is 10.9. The number of aromatic nitrogens is 2. The molecule has 1 fully saturated rings. The van der Waals surface area contributed by atoms with E-state index >= 15 is 0 Å². The van der Waals surface area contributed by atoms with Gasteiger partial charge in [0.25, 0.3) is 0 Å². The second-order valence-electron chi connectivity index (χ2n) is 4.98. The number of imidazole rings is 1. The fraction of sp³-hybridized carbons (Fsp3) is 0.500. The molecule has 4 nitrogen and oxygen atoms in total. The zero-order chi connectivity index (χ0) is 12.5. The number of rotatable bonds is 3. The van der Waals surface area contributed by atoms with Crippen molar-refractivity contribution in [3.8, 4) is 5.75 Å². The van der Waals surface area contributed by atoms with E-state index in [2.05, 4.69) is 16.9 Å². The van der Waals surface area contributed by atoms with E-state index in [9.17, 15) is 0 Å². The lowest BCUT2D eigenvalue weighted by molar-refractivity contribution is 0.417. The van der Waals surface area contributed by atoms with E-state index < -0.39 is 0 Å². The SMILES string of the molecule is COc1cccc2nc(CC3CCNC3)n(C)c12. The molecule has 1 aliphatic rings. The summed E-state index contributed by atoms with van der Waals surface area (Å²) in [5.41, 5.74) is 2.12. The third-order valence-corrected chi connectivity index (χ3v) is 3.80. The van der Waals surface area contributed by atoms with Crippen LogP contribution in [0.5, 0.6) is 5.75 Å². The molecule has 0 aliphatic carbocycles. The lowest BCUT2D eigenvalue weighted by Gasteiger charge is -2.08. The van der Waals surface area contributed by atoms with Gasteiger partial charge in [-0.3, -0.25) is 0 Å². The monoisotopic (exact) mass is 245 g/mol. The second kappa shape index (κ2) is 4.61. The highest BCUT2D eigenvalue weighted by Gasteiger charge is 2.19. The first-order valence-electron chi connectivity index (χ1n) is 6.48. The molecule has 18 heavy (non-hydrogen) atoms. The van der Waals surface area contributed by atoms with E-state index in [0.717, 1.165) is 42.1 Å². The van der Waals surface area contributed by atoms with Gasteiger partial charge < -0.3 is 14.6 Å². The summed E-state index contributed by atoms with van der Waals surface area (Å²) in [6.07, 6.45) is 2.29. The summed E-state index contributed by atoms with van der Waals surface area (Å²) in [5, 5.41) is 3.41. The molecule has 0 bridgehead atoms. The molecule has 1 unspecified atom stereocenters. The maximum atomic E-state index is 5.42. The van der Waals surface area contributed by atoms with E-state index in [0.29, 0.717) is 5.92 Å². The highest BCUT2D eigenvalue weighted by atomic mass is 16.5. The normalized spacial score (nSPS) is 19.6. The van der Waals surface area contributed by atoms with Gasteiger partial charge >= 0.3 is 0 Å². The van der Waals surface area contributed by atoms with Crippen LogP contribution < -0.4 is 10.1 Å². The van der Waals surface area contributed by atoms with E-state index in [4.69, 9.17) is 9.72 Å². The molecule has 0 saturated carbocycles. The van der Waals surface area contributed by atoms with Gasteiger partial charge in [-0.1, -0.05) is 6.07 Å². The lowest BCUT2D eigenvalue weighted by Crippen LogP contribution is -2.12. The first-order valence-corrected chi connectivity index (χ1v) is 6.48. The maximum Gasteiger partial charge on any atom is 0.144 e. The number of nitrogens with zero attached hydrogens (tertiary/aromatic N) is 2. The van der Waals surface area contributed by atoms with Crippen molar-refractivity contribution in [3.05, 3.63) is 24.0 Å². The van der Waals surface area contributed by atoms with Crippen LogP contribution in [-0.4, -0.2) is 29.8 Å². The summed E-state index contributed by atoms with van der Waals surface area (Å²) in [4.78, 5) is 4.74. The number of benzene rings is 1. The summed E-state index contributed by atoms with van der Waals surface area (Å²) in [7, 11) is 3.79. The average molecular weight is 245 g/mol. The molecule has 2 heterocycles. The van der Waals surface area contributed by atoms with Crippen LogP contribution in [0.2, 0.25) is 0 Å². The molecular formula is C14H19N3O. The Kier molecular flexibility index (Phi) is 2.96. The summed E-state index contributed by atoms with van der Waals surface area (Å²) < 4.78 is 7.59. The lowest BCUT2D eigenvalue weighted by atomic mass is 10.0. The van der Waals surface area contributed by atoms with Gasteiger partial charge in [0.15, 0.2) is 0 Å². The van der Waals surface area contributed by atoms with Crippen LogP contribution in [0.4, 0.5) is 0 Å². The number of aryl methyl sites for hydroxylation is 1. The Labute approximate surface area is 107 Å². The van der Waals surface area contributed by atoms with Gasteiger partial charge in [0.1, 0.15) is 17.1 Å². The van der Waals surface area contributed by atoms with Gasteiger partial charge in [-0.15, -0.1) is 0 Å². The van der Waals surface area contributed by atoms with Crippen LogP contribution in [0.1, 0.15) is 12.2 Å². The molecule has 1 atom stereocenters. The molecule has 1 N–H and O–H groups in total. The molecule has 1 aromatic carbocycles. The van der Waals surface area contributed by atoms with Gasteiger partial charge in [0.05, 0.1) is 12.6 Å². The predicted octanol–water partition coefficient (Wildman–Crippen LogP) is 1.73. The summed E-state index contributed by atoms with van der Waals surface area (Å²) >= 11 is 0. The largest absolute Gasteiger partial charge is 0.494 e. The van der Waals surface area contributed by atoms with Crippen molar-refractivity contribution in [2.24, 2.45) is 13.0 Å². The molecule has 0 spiro atoms. The Bertz CT molecular complexity index is 555. The smallest absolute Gasteiger partial charge is 0.144 e. The topological polar surface area (TPSA) is 39.1 Å². The second-order valence-corrected chi connectivity index (χ2v) is 4.98. The number of ether oxygens (including phenoxy) is 1. The van der Waals surface area contributed by atoms with E-state index in [1.165, 1.54) is 6.42 Å². The average Bonchev–Trinajstić information content (AvgIpc) is 2.99. The highest BCUT2D eigenvalue weighted by Crippen LogP contribution is 2.27. The van der Waals surface area contributed by atoms with Crippen LogP contribution in [0.15, 0.2) is 18.2 Å². The van der Waals surface area contributed by atoms with E-state index in [1.54, 1.807) is 7.11 Å². The number of nitrogens with one attached hydrogen (secondary N) is 1. The van der Waals surface area contributed by atoms with E-state index in [1.807, 2.05) is 18.2 Å². The minimum Gasteiger partial charge on any atom is -0.494 e. The third-order valence-electron chi connectivity index (χ3n) is 3.80. The van der Waals surface area contributed by atoms with Crippen molar-refractivity contribution >= 4 is 11.0 Å². The standard InChI is InChI=1S/C14H19N3O/c1-17-13(8-10-6-7-15-9-10)16-11-4-3-5-12(18-2)14(11)17/h3-5,10,15H,6-9H2,1-2H3. The van der Waals surface area contributed by atoms with Crippen LogP contribution in [0.25, 0.3) is 11.0 Å². The number of para-hydroxylation sites is 1. The summed E-state index contributed by atoms with van der Waals surface area (Å²) in [5.74, 6) is 2.77. The Morgan fingerprint density at radius 1 is 1.50 bits per heavy atom. The van der Waals surface area contributed by atoms with E-state index in [-0.39, 0.29) is 0 Å². The van der Waals surface area contributed by atoms with Gasteiger partial charge in [-0.2, -0.15) is 0 Å². The number of methoxy groups -OCH3 is 1. The molecule has 0 radical (unpaired) electrons. The fourth-order valence-corrected chi connectivity index (χ4v) is 2.78. The zero-order valence-electron chi connectivity index (χ0n) is 10.9. The quantitative estimate of drug-likeness (QED) is 0.895.